The summed E-state index contributed by atoms with van der Waals surface area (Å²) in [5.41, 5.74) is 5.67. The van der Waals surface area contributed by atoms with Crippen molar-refractivity contribution in [3.05, 3.63) is 117 Å². The fraction of sp³-hybridized carbons (Fsp3) is 0.439. The van der Waals surface area contributed by atoms with Gasteiger partial charge in [0, 0.05) is 22.4 Å². The Morgan fingerprint density at radius 1 is 0.851 bits per heavy atom. The summed E-state index contributed by atoms with van der Waals surface area (Å²) in [4.78, 5) is 16.7. The van der Waals surface area contributed by atoms with E-state index in [4.69, 9.17) is 9.47 Å². The lowest BCUT2D eigenvalue weighted by Crippen LogP contribution is -2.55. The number of fused-ring (bicyclic) bond motifs is 1. The number of nitrogens with zero attached hydrogens (tertiary/aromatic N) is 1. The van der Waals surface area contributed by atoms with Gasteiger partial charge >= 0.3 is 0 Å². The molecule has 5 nitrogen and oxygen atoms in total. The van der Waals surface area contributed by atoms with Gasteiger partial charge in [-0.2, -0.15) is 0 Å². The lowest BCUT2D eigenvalue weighted by atomic mass is 9.68. The molecule has 1 unspecified atom stereocenters. The number of hydrogen-bond donors (Lipinski definition) is 1. The van der Waals surface area contributed by atoms with E-state index in [0.29, 0.717) is 13.0 Å². The standard InChI is InChI=1S/C41H50N2O3S/c1-45-37-28-32-19-23-40(31-33(32)29-38(37)46-2)20-9-10-25-43(40)26-13-22-41(34-14-5-3-6-15-34,35-16-7-4-8-17-35)21-12-24-42-39(44)30-36-18-11-27-47-36/h3-8,11,14-18,27-29H,9-10,12-13,19-26,30-31H2,1-2H3,(H,42,44). The number of carbonyl (C=O) groups is 1. The summed E-state index contributed by atoms with van der Waals surface area (Å²) in [6.07, 6.45) is 11.8. The van der Waals surface area contributed by atoms with Gasteiger partial charge in [-0.1, -0.05) is 73.2 Å². The van der Waals surface area contributed by atoms with Crippen LogP contribution < -0.4 is 14.8 Å². The van der Waals surface area contributed by atoms with Crippen LogP contribution in [0.1, 0.15) is 78.5 Å². The van der Waals surface area contributed by atoms with Gasteiger partial charge in [-0.05, 0) is 117 Å². The van der Waals surface area contributed by atoms with Crippen molar-refractivity contribution >= 4 is 17.2 Å². The maximum atomic E-state index is 12.7. The zero-order chi connectivity index (χ0) is 32.5. The molecule has 1 atom stereocenters. The van der Waals surface area contributed by atoms with Crippen molar-refractivity contribution in [2.24, 2.45) is 0 Å². The van der Waals surface area contributed by atoms with Crippen LogP contribution in [0.5, 0.6) is 11.5 Å². The Morgan fingerprint density at radius 2 is 1.53 bits per heavy atom. The summed E-state index contributed by atoms with van der Waals surface area (Å²) < 4.78 is 11.3. The highest BCUT2D eigenvalue weighted by Crippen LogP contribution is 2.45. The van der Waals surface area contributed by atoms with Gasteiger partial charge in [-0.15, -0.1) is 11.3 Å². The molecule has 248 valence electrons. The number of hydrogen-bond acceptors (Lipinski definition) is 5. The zero-order valence-electron chi connectivity index (χ0n) is 28.1. The van der Waals surface area contributed by atoms with Crippen molar-refractivity contribution < 1.29 is 14.3 Å². The van der Waals surface area contributed by atoms with E-state index in [1.807, 2.05) is 17.5 Å². The number of methoxy groups -OCH3 is 2. The maximum Gasteiger partial charge on any atom is 0.225 e. The number of rotatable bonds is 14. The van der Waals surface area contributed by atoms with Gasteiger partial charge in [-0.25, -0.2) is 0 Å². The minimum atomic E-state index is -0.118. The van der Waals surface area contributed by atoms with Crippen LogP contribution in [0.2, 0.25) is 0 Å². The SMILES string of the molecule is COc1cc2c(cc1OC)CC1(CCCCN1CCCC(CCCNC(=O)Cc1cccs1)(c1ccccc1)c1ccccc1)CC2. The number of aryl methyl sites for hydroxylation is 1. The van der Waals surface area contributed by atoms with Crippen molar-refractivity contribution in [2.75, 3.05) is 33.9 Å². The van der Waals surface area contributed by atoms with E-state index in [-0.39, 0.29) is 16.9 Å². The third kappa shape index (κ3) is 7.60. The first-order valence-electron chi connectivity index (χ1n) is 17.4. The highest BCUT2D eigenvalue weighted by Gasteiger charge is 2.42. The summed E-state index contributed by atoms with van der Waals surface area (Å²) >= 11 is 1.64. The number of nitrogens with one attached hydrogen (secondary N) is 1. The third-order valence-corrected chi connectivity index (χ3v) is 11.7. The molecule has 1 aromatic heterocycles. The average molecular weight is 651 g/mol. The monoisotopic (exact) mass is 650 g/mol. The van der Waals surface area contributed by atoms with Gasteiger partial charge < -0.3 is 14.8 Å². The molecular weight excluding hydrogens is 601 g/mol. The lowest BCUT2D eigenvalue weighted by molar-refractivity contribution is -0.120. The third-order valence-electron chi connectivity index (χ3n) is 10.8. The molecule has 0 bridgehead atoms. The van der Waals surface area contributed by atoms with Crippen LogP contribution in [0, 0.1) is 0 Å². The molecule has 1 N–H and O–H groups in total. The van der Waals surface area contributed by atoms with Gasteiger partial charge in [0.15, 0.2) is 11.5 Å². The Bertz CT molecular complexity index is 1530. The van der Waals surface area contributed by atoms with Crippen LogP contribution >= 0.6 is 11.3 Å². The van der Waals surface area contributed by atoms with E-state index in [0.717, 1.165) is 61.4 Å². The van der Waals surface area contributed by atoms with E-state index < -0.39 is 0 Å². The van der Waals surface area contributed by atoms with Crippen molar-refractivity contribution in [1.29, 1.82) is 0 Å². The van der Waals surface area contributed by atoms with Crippen molar-refractivity contribution in [3.63, 3.8) is 0 Å². The van der Waals surface area contributed by atoms with Gasteiger partial charge in [0.1, 0.15) is 0 Å². The molecule has 3 aromatic carbocycles. The summed E-state index contributed by atoms with van der Waals surface area (Å²) in [6.45, 7) is 2.96. The molecule has 2 heterocycles. The minimum Gasteiger partial charge on any atom is -0.493 e. The van der Waals surface area contributed by atoms with Crippen LogP contribution in [0.3, 0.4) is 0 Å². The zero-order valence-corrected chi connectivity index (χ0v) is 29.0. The first kappa shape index (κ1) is 33.3. The molecule has 1 aliphatic carbocycles. The number of benzene rings is 3. The first-order valence-corrected chi connectivity index (χ1v) is 18.3. The molecule has 0 radical (unpaired) electrons. The van der Waals surface area contributed by atoms with Crippen LogP contribution in [0.25, 0.3) is 0 Å². The van der Waals surface area contributed by atoms with Gasteiger partial charge in [0.25, 0.3) is 0 Å². The number of ether oxygens (including phenoxy) is 2. The summed E-state index contributed by atoms with van der Waals surface area (Å²) in [6, 6.07) is 30.7. The summed E-state index contributed by atoms with van der Waals surface area (Å²) in [7, 11) is 3.46. The Morgan fingerprint density at radius 3 is 2.19 bits per heavy atom. The fourth-order valence-electron chi connectivity index (χ4n) is 8.36. The number of amides is 1. The molecule has 1 saturated heterocycles. The Balaban J connectivity index is 1.19. The predicted octanol–water partition coefficient (Wildman–Crippen LogP) is 8.38. The van der Waals surface area contributed by atoms with E-state index in [1.54, 1.807) is 25.6 Å². The van der Waals surface area contributed by atoms with Crippen LogP contribution in [-0.2, 0) is 29.5 Å². The molecule has 2 aliphatic rings. The molecule has 1 aliphatic heterocycles. The molecule has 1 spiro atoms. The van der Waals surface area contributed by atoms with Crippen molar-refractivity contribution in [3.8, 4) is 11.5 Å². The van der Waals surface area contributed by atoms with Crippen LogP contribution in [-0.4, -0.2) is 50.2 Å². The van der Waals surface area contributed by atoms with E-state index >= 15 is 0 Å². The number of carbonyl (C=O) groups excluding carboxylic acids is 1. The summed E-state index contributed by atoms with van der Waals surface area (Å²) in [5, 5.41) is 5.24. The molecule has 47 heavy (non-hydrogen) atoms. The second-order valence-corrected chi connectivity index (χ2v) is 14.5. The predicted molar refractivity (Wildman–Crippen MR) is 193 cm³/mol. The van der Waals surface area contributed by atoms with E-state index in [2.05, 4.69) is 83.0 Å². The van der Waals surface area contributed by atoms with Gasteiger partial charge in [0.05, 0.1) is 20.6 Å². The number of likely N-dealkylation sites (tertiary alicyclic amines) is 1. The fourth-order valence-corrected chi connectivity index (χ4v) is 9.07. The molecule has 4 aromatic rings. The molecule has 1 amide bonds. The second-order valence-electron chi connectivity index (χ2n) is 13.4. The van der Waals surface area contributed by atoms with Crippen molar-refractivity contribution in [2.45, 2.75) is 81.6 Å². The van der Waals surface area contributed by atoms with E-state index in [1.165, 1.54) is 54.5 Å². The highest BCUT2D eigenvalue weighted by molar-refractivity contribution is 7.10. The molecule has 6 rings (SSSR count). The van der Waals surface area contributed by atoms with Crippen LogP contribution in [0.4, 0.5) is 0 Å². The first-order chi connectivity index (χ1) is 23.0. The molecule has 0 saturated carbocycles. The van der Waals surface area contributed by atoms with Crippen LogP contribution in [0.15, 0.2) is 90.3 Å². The molecule has 1 fully saturated rings. The maximum absolute atomic E-state index is 12.7. The minimum absolute atomic E-state index is 0.109. The molecular formula is C41H50N2O3S. The topological polar surface area (TPSA) is 50.8 Å². The normalized spacial score (nSPS) is 18.1. The largest absolute Gasteiger partial charge is 0.493 e. The van der Waals surface area contributed by atoms with Crippen molar-refractivity contribution in [1.82, 2.24) is 10.2 Å². The van der Waals surface area contributed by atoms with E-state index in [9.17, 15) is 4.79 Å². The average Bonchev–Trinajstić information content (AvgIpc) is 3.63. The van der Waals surface area contributed by atoms with Gasteiger partial charge in [0.2, 0.25) is 5.91 Å². The quantitative estimate of drug-likeness (QED) is 0.139. The summed E-state index contributed by atoms with van der Waals surface area (Å²) in [5.74, 6) is 1.78. The number of thiophene rings is 1. The molecule has 6 heteroatoms. The second kappa shape index (κ2) is 15.5. The number of piperidine rings is 1. The lowest BCUT2D eigenvalue weighted by Gasteiger charge is -2.50. The Labute approximate surface area is 285 Å². The Hall–Kier alpha value is -3.61. The smallest absolute Gasteiger partial charge is 0.225 e. The van der Waals surface area contributed by atoms with Gasteiger partial charge in [-0.3, -0.25) is 9.69 Å². The highest BCUT2D eigenvalue weighted by atomic mass is 32.1. The Kier molecular flexibility index (Phi) is 11.0.